The van der Waals surface area contributed by atoms with E-state index in [9.17, 15) is 14.4 Å². The zero-order chi connectivity index (χ0) is 23.2. The van der Waals surface area contributed by atoms with Gasteiger partial charge in [0.15, 0.2) is 0 Å². The molecule has 0 radical (unpaired) electrons. The van der Waals surface area contributed by atoms with Crippen molar-refractivity contribution in [3.8, 4) is 0 Å². The number of fused-ring (bicyclic) bond motifs is 1. The van der Waals surface area contributed by atoms with Crippen molar-refractivity contribution in [2.24, 2.45) is 0 Å². The van der Waals surface area contributed by atoms with Gasteiger partial charge in [0.2, 0.25) is 5.91 Å². The third kappa shape index (κ3) is 5.54. The van der Waals surface area contributed by atoms with Crippen LogP contribution in [0.1, 0.15) is 30.5 Å². The second kappa shape index (κ2) is 10.2. The number of amides is 3. The third-order valence-corrected chi connectivity index (χ3v) is 5.73. The molecule has 1 aliphatic rings. The van der Waals surface area contributed by atoms with E-state index in [2.05, 4.69) is 27.0 Å². The van der Waals surface area contributed by atoms with E-state index in [1.165, 1.54) is 0 Å². The summed E-state index contributed by atoms with van der Waals surface area (Å²) in [4.78, 5) is 37.3. The fourth-order valence-corrected chi connectivity index (χ4v) is 3.93. The summed E-state index contributed by atoms with van der Waals surface area (Å²) in [5.74, 6) is -1.13. The van der Waals surface area contributed by atoms with Crippen molar-refractivity contribution in [2.75, 3.05) is 0 Å². The molecule has 1 aliphatic heterocycles. The first kappa shape index (κ1) is 22.4. The smallest absolute Gasteiger partial charge is 0.260 e. The van der Waals surface area contributed by atoms with Crippen molar-refractivity contribution < 1.29 is 14.4 Å². The lowest BCUT2D eigenvalue weighted by molar-refractivity contribution is -0.132. The fourth-order valence-electron chi connectivity index (χ4n) is 3.93. The van der Waals surface area contributed by atoms with Gasteiger partial charge in [-0.2, -0.15) is 0 Å². The number of carbonyl (C=O) groups excluding carboxylic acids is 3. The zero-order valence-electron chi connectivity index (χ0n) is 18.3. The van der Waals surface area contributed by atoms with Crippen LogP contribution in [0.3, 0.4) is 0 Å². The summed E-state index contributed by atoms with van der Waals surface area (Å²) in [6, 6.07) is 22.2. The largest absolute Gasteiger partial charge is 0.344 e. The minimum absolute atomic E-state index is 0.00457. The fraction of sp³-hybridized carbons (Fsp3) is 0.240. The summed E-state index contributed by atoms with van der Waals surface area (Å²) >= 11 is 0. The summed E-state index contributed by atoms with van der Waals surface area (Å²) in [5, 5.41) is 4.75. The first-order valence-electron chi connectivity index (χ1n) is 10.9. The third-order valence-electron chi connectivity index (χ3n) is 5.73. The summed E-state index contributed by atoms with van der Waals surface area (Å²) in [7, 11) is 0. The van der Waals surface area contributed by atoms with Crippen LogP contribution in [0.2, 0.25) is 0 Å². The SMILES string of the molecule is C[C@@H](NC(=O)Cc1cccc2ccccc12)C(=O)NNC(=O)C1CC(c2ccccc2)NN1. The molecule has 170 valence electrons. The van der Waals surface area contributed by atoms with Crippen molar-refractivity contribution >= 4 is 28.5 Å². The molecule has 4 rings (SSSR count). The molecule has 3 amide bonds. The molecule has 2 unspecified atom stereocenters. The highest BCUT2D eigenvalue weighted by molar-refractivity contribution is 5.93. The van der Waals surface area contributed by atoms with Gasteiger partial charge in [0.05, 0.1) is 6.42 Å². The Balaban J connectivity index is 1.24. The minimum Gasteiger partial charge on any atom is -0.344 e. The zero-order valence-corrected chi connectivity index (χ0v) is 18.3. The number of nitrogens with one attached hydrogen (secondary N) is 5. The predicted octanol–water partition coefficient (Wildman–Crippen LogP) is 1.64. The molecule has 8 nitrogen and oxygen atoms in total. The lowest BCUT2D eigenvalue weighted by Gasteiger charge is -2.16. The van der Waals surface area contributed by atoms with Crippen molar-refractivity contribution in [3.05, 3.63) is 83.9 Å². The van der Waals surface area contributed by atoms with Gasteiger partial charge in [0, 0.05) is 6.04 Å². The molecule has 33 heavy (non-hydrogen) atoms. The minimum atomic E-state index is -0.806. The highest BCUT2D eigenvalue weighted by Gasteiger charge is 2.30. The average molecular weight is 446 g/mol. The van der Waals surface area contributed by atoms with Gasteiger partial charge < -0.3 is 5.32 Å². The second-order valence-corrected chi connectivity index (χ2v) is 8.12. The number of hydrogen-bond acceptors (Lipinski definition) is 5. The molecule has 0 aliphatic carbocycles. The highest BCUT2D eigenvalue weighted by atomic mass is 16.2. The summed E-state index contributed by atoms with van der Waals surface area (Å²) in [5.41, 5.74) is 12.8. The number of hydrazine groups is 2. The number of hydrogen-bond donors (Lipinski definition) is 5. The van der Waals surface area contributed by atoms with Crippen LogP contribution in [0.15, 0.2) is 72.8 Å². The summed E-state index contributed by atoms with van der Waals surface area (Å²) in [6.07, 6.45) is 0.701. The molecule has 1 saturated heterocycles. The van der Waals surface area contributed by atoms with Crippen LogP contribution < -0.4 is 27.0 Å². The van der Waals surface area contributed by atoms with Gasteiger partial charge in [-0.1, -0.05) is 72.8 Å². The lowest BCUT2D eigenvalue weighted by Crippen LogP contribution is -2.54. The van der Waals surface area contributed by atoms with Gasteiger partial charge in [-0.05, 0) is 35.2 Å². The van der Waals surface area contributed by atoms with Gasteiger partial charge in [-0.25, -0.2) is 10.9 Å². The number of rotatable bonds is 6. The summed E-state index contributed by atoms with van der Waals surface area (Å²) < 4.78 is 0. The van der Waals surface area contributed by atoms with Gasteiger partial charge in [0.1, 0.15) is 12.1 Å². The molecule has 0 saturated carbocycles. The molecule has 1 heterocycles. The topological polar surface area (TPSA) is 111 Å². The van der Waals surface area contributed by atoms with E-state index in [4.69, 9.17) is 0 Å². The molecule has 5 N–H and O–H groups in total. The van der Waals surface area contributed by atoms with Gasteiger partial charge in [-0.3, -0.25) is 25.2 Å². The first-order chi connectivity index (χ1) is 16.0. The second-order valence-electron chi connectivity index (χ2n) is 8.12. The molecule has 1 fully saturated rings. The van der Waals surface area contributed by atoms with Crippen LogP contribution in [-0.4, -0.2) is 29.8 Å². The maximum Gasteiger partial charge on any atom is 0.260 e. The lowest BCUT2D eigenvalue weighted by atomic mass is 10.0. The highest BCUT2D eigenvalue weighted by Crippen LogP contribution is 2.21. The van der Waals surface area contributed by atoms with E-state index < -0.39 is 18.0 Å². The number of carbonyl (C=O) groups is 3. The van der Waals surface area contributed by atoms with Crippen LogP contribution in [0.4, 0.5) is 0 Å². The Bertz CT molecular complexity index is 1150. The quantitative estimate of drug-likeness (QED) is 0.371. The van der Waals surface area contributed by atoms with Crippen molar-refractivity contribution in [2.45, 2.75) is 37.9 Å². The van der Waals surface area contributed by atoms with Crippen molar-refractivity contribution in [1.82, 2.24) is 27.0 Å². The molecular weight excluding hydrogens is 418 g/mol. The maximum absolute atomic E-state index is 12.5. The molecule has 0 aromatic heterocycles. The molecule has 8 heteroatoms. The van der Waals surface area contributed by atoms with Gasteiger partial charge in [0.25, 0.3) is 11.8 Å². The molecule has 3 atom stereocenters. The van der Waals surface area contributed by atoms with E-state index in [0.29, 0.717) is 6.42 Å². The Morgan fingerprint density at radius 2 is 1.64 bits per heavy atom. The normalized spacial score (nSPS) is 18.5. The maximum atomic E-state index is 12.5. The van der Waals surface area contributed by atoms with Crippen LogP contribution in [0.5, 0.6) is 0 Å². The predicted molar refractivity (Wildman–Crippen MR) is 125 cm³/mol. The van der Waals surface area contributed by atoms with E-state index in [1.54, 1.807) is 6.92 Å². The summed E-state index contributed by atoms with van der Waals surface area (Å²) in [6.45, 7) is 1.57. The molecule has 0 spiro atoms. The average Bonchev–Trinajstić information content (AvgIpc) is 3.33. The molecule has 0 bridgehead atoms. The van der Waals surface area contributed by atoms with E-state index >= 15 is 0 Å². The Hall–Kier alpha value is -3.75. The van der Waals surface area contributed by atoms with Crippen molar-refractivity contribution in [1.29, 1.82) is 0 Å². The van der Waals surface area contributed by atoms with E-state index in [1.807, 2.05) is 72.8 Å². The Labute approximate surface area is 192 Å². The first-order valence-corrected chi connectivity index (χ1v) is 10.9. The van der Waals surface area contributed by atoms with Crippen LogP contribution in [-0.2, 0) is 20.8 Å². The van der Waals surface area contributed by atoms with Crippen LogP contribution >= 0.6 is 0 Å². The Morgan fingerprint density at radius 3 is 2.45 bits per heavy atom. The standard InChI is InChI=1S/C25H27N5O3/c1-16(26-23(31)14-19-12-7-11-17-8-5-6-13-20(17)19)24(32)29-30-25(33)22-15-21(27-28-22)18-9-3-2-4-10-18/h2-13,16,21-22,27-28H,14-15H2,1H3,(H,26,31)(H,29,32)(H,30,33)/t16-,21?,22?/m1/s1. The Morgan fingerprint density at radius 1 is 0.909 bits per heavy atom. The number of benzene rings is 3. The molecule has 3 aromatic rings. The van der Waals surface area contributed by atoms with Crippen LogP contribution in [0, 0.1) is 0 Å². The van der Waals surface area contributed by atoms with E-state index in [0.717, 1.165) is 21.9 Å². The van der Waals surface area contributed by atoms with Gasteiger partial charge in [-0.15, -0.1) is 0 Å². The van der Waals surface area contributed by atoms with Crippen molar-refractivity contribution in [3.63, 3.8) is 0 Å². The Kier molecular flexibility index (Phi) is 6.97. The monoisotopic (exact) mass is 445 g/mol. The molecular formula is C25H27N5O3. The van der Waals surface area contributed by atoms with Gasteiger partial charge >= 0.3 is 0 Å². The molecule has 3 aromatic carbocycles. The van der Waals surface area contributed by atoms with E-state index in [-0.39, 0.29) is 24.3 Å². The van der Waals surface area contributed by atoms with Crippen LogP contribution in [0.25, 0.3) is 10.8 Å².